The molecule has 0 bridgehead atoms. The Labute approximate surface area is 134 Å². The van der Waals surface area contributed by atoms with Crippen molar-refractivity contribution in [2.24, 2.45) is 7.05 Å². The van der Waals surface area contributed by atoms with Crippen molar-refractivity contribution in [1.29, 1.82) is 0 Å². The van der Waals surface area contributed by atoms with E-state index in [1.165, 1.54) is 23.7 Å². The topological polar surface area (TPSA) is 77.2 Å². The van der Waals surface area contributed by atoms with E-state index in [1.807, 2.05) is 6.92 Å². The summed E-state index contributed by atoms with van der Waals surface area (Å²) in [6, 6.07) is 6.09. The number of nitro groups is 1. The average molecular weight is 373 g/mol. The molecule has 0 spiro atoms. The smallest absolute Gasteiger partial charge is 0.323 e. The molecule has 1 heterocycles. The maximum atomic E-state index is 12.2. The molecule has 0 radical (unpaired) electrons. The van der Waals surface area contributed by atoms with Crippen molar-refractivity contribution in [3.05, 3.63) is 55.1 Å². The summed E-state index contributed by atoms with van der Waals surface area (Å²) < 4.78 is 1.90. The number of carbonyl (C=O) groups is 1. The highest BCUT2D eigenvalue weighted by Gasteiger charge is 2.21. The Hall–Kier alpha value is -1.86. The molecule has 0 unspecified atom stereocenters. The summed E-state index contributed by atoms with van der Waals surface area (Å²) in [7, 11) is 1.46. The molecule has 0 aliphatic heterocycles. The van der Waals surface area contributed by atoms with Crippen molar-refractivity contribution < 1.29 is 9.72 Å². The van der Waals surface area contributed by atoms with Crippen LogP contribution in [0.2, 0.25) is 5.02 Å². The Bertz CT molecular complexity index is 743. The highest BCUT2D eigenvalue weighted by molar-refractivity contribution is 9.10. The molecule has 0 aliphatic carbocycles. The van der Waals surface area contributed by atoms with Gasteiger partial charge in [-0.3, -0.25) is 4.79 Å². The van der Waals surface area contributed by atoms with E-state index in [0.717, 1.165) is 5.56 Å². The summed E-state index contributed by atoms with van der Waals surface area (Å²) in [6.07, 6.45) is 0. The minimum absolute atomic E-state index is 0.152. The van der Waals surface area contributed by atoms with Gasteiger partial charge in [0.15, 0.2) is 5.69 Å². The third-order valence-corrected chi connectivity index (χ3v) is 4.07. The summed E-state index contributed by atoms with van der Waals surface area (Å²) in [5.74, 6) is -0.604. The van der Waals surface area contributed by atoms with Gasteiger partial charge in [0.2, 0.25) is 0 Å². The molecule has 1 aromatic carbocycles. The van der Waals surface area contributed by atoms with Crippen molar-refractivity contribution in [2.45, 2.75) is 6.92 Å². The molecule has 6 nitrogen and oxygen atoms in total. The second-order valence-corrected chi connectivity index (χ2v) is 5.69. The third-order valence-electron chi connectivity index (χ3n) is 3.01. The SMILES string of the molecule is Cc1cc(Br)c(NC(=O)c2ccc([N+](=O)[O-])n2C)cc1Cl. The van der Waals surface area contributed by atoms with E-state index < -0.39 is 10.8 Å². The first-order valence-electron chi connectivity index (χ1n) is 5.88. The van der Waals surface area contributed by atoms with Gasteiger partial charge in [0, 0.05) is 15.6 Å². The molecule has 0 atom stereocenters. The molecule has 1 N–H and O–H groups in total. The lowest BCUT2D eigenvalue weighted by Crippen LogP contribution is -2.16. The van der Waals surface area contributed by atoms with Gasteiger partial charge in [-0.2, -0.15) is 0 Å². The van der Waals surface area contributed by atoms with E-state index in [9.17, 15) is 14.9 Å². The Morgan fingerprint density at radius 2 is 2.10 bits per heavy atom. The Kier molecular flexibility index (Phi) is 4.34. The van der Waals surface area contributed by atoms with E-state index >= 15 is 0 Å². The van der Waals surface area contributed by atoms with Gasteiger partial charge in [-0.1, -0.05) is 11.6 Å². The van der Waals surface area contributed by atoms with Crippen LogP contribution in [0.15, 0.2) is 28.7 Å². The van der Waals surface area contributed by atoms with Crippen LogP contribution in [0, 0.1) is 17.0 Å². The first kappa shape index (κ1) is 15.5. The largest absolute Gasteiger partial charge is 0.358 e. The van der Waals surface area contributed by atoms with E-state index in [-0.39, 0.29) is 11.5 Å². The van der Waals surface area contributed by atoms with Gasteiger partial charge in [-0.05, 0) is 51.5 Å². The minimum atomic E-state index is -0.546. The average Bonchev–Trinajstić information content (AvgIpc) is 2.78. The fourth-order valence-electron chi connectivity index (χ4n) is 1.84. The highest BCUT2D eigenvalue weighted by atomic mass is 79.9. The van der Waals surface area contributed by atoms with Crippen LogP contribution in [0.3, 0.4) is 0 Å². The monoisotopic (exact) mass is 371 g/mol. The molecular weight excluding hydrogens is 362 g/mol. The number of rotatable bonds is 3. The normalized spacial score (nSPS) is 10.5. The number of nitrogens with zero attached hydrogens (tertiary/aromatic N) is 2. The maximum Gasteiger partial charge on any atom is 0.323 e. The summed E-state index contributed by atoms with van der Waals surface area (Å²) in [5.41, 5.74) is 1.56. The van der Waals surface area contributed by atoms with E-state index in [4.69, 9.17) is 11.6 Å². The maximum absolute atomic E-state index is 12.2. The van der Waals surface area contributed by atoms with Crippen LogP contribution in [-0.2, 0) is 7.05 Å². The van der Waals surface area contributed by atoms with Crippen LogP contribution < -0.4 is 5.32 Å². The van der Waals surface area contributed by atoms with Crippen LogP contribution >= 0.6 is 27.5 Å². The molecular formula is C13H11BrClN3O3. The molecule has 110 valence electrons. The van der Waals surface area contributed by atoms with Gasteiger partial charge in [-0.25, -0.2) is 4.57 Å². The van der Waals surface area contributed by atoms with Gasteiger partial charge in [0.1, 0.15) is 0 Å². The molecule has 2 rings (SSSR count). The zero-order valence-electron chi connectivity index (χ0n) is 11.2. The lowest BCUT2D eigenvalue weighted by molar-refractivity contribution is -0.391. The molecule has 21 heavy (non-hydrogen) atoms. The molecule has 2 aromatic rings. The van der Waals surface area contributed by atoms with Crippen LogP contribution in [0.4, 0.5) is 11.5 Å². The molecule has 8 heteroatoms. The number of hydrogen-bond acceptors (Lipinski definition) is 3. The number of benzene rings is 1. The first-order chi connectivity index (χ1) is 9.81. The molecule has 1 amide bonds. The number of nitrogens with one attached hydrogen (secondary N) is 1. The van der Waals surface area contributed by atoms with Gasteiger partial charge in [0.25, 0.3) is 5.91 Å². The zero-order chi connectivity index (χ0) is 15.7. The van der Waals surface area contributed by atoms with Crippen molar-refractivity contribution >= 4 is 44.9 Å². The van der Waals surface area contributed by atoms with E-state index in [2.05, 4.69) is 21.2 Å². The Balaban J connectivity index is 2.31. The van der Waals surface area contributed by atoms with Crippen molar-refractivity contribution in [3.63, 3.8) is 0 Å². The van der Waals surface area contributed by atoms with Crippen molar-refractivity contribution in [2.75, 3.05) is 5.32 Å². The van der Waals surface area contributed by atoms with E-state index in [0.29, 0.717) is 15.2 Å². The fourth-order valence-corrected chi connectivity index (χ4v) is 2.56. The Morgan fingerprint density at radius 3 is 2.67 bits per heavy atom. The third kappa shape index (κ3) is 3.08. The number of anilines is 1. The summed E-state index contributed by atoms with van der Waals surface area (Å²) in [6.45, 7) is 1.85. The van der Waals surface area contributed by atoms with Crippen LogP contribution in [0.25, 0.3) is 0 Å². The number of aryl methyl sites for hydroxylation is 1. The summed E-state index contributed by atoms with van der Waals surface area (Å²) >= 11 is 9.37. The molecule has 1 aromatic heterocycles. The zero-order valence-corrected chi connectivity index (χ0v) is 13.5. The predicted octanol–water partition coefficient (Wildman–Crippen LogP) is 3.91. The second kappa shape index (κ2) is 5.87. The quantitative estimate of drug-likeness (QED) is 0.655. The highest BCUT2D eigenvalue weighted by Crippen LogP contribution is 2.29. The number of amides is 1. The van der Waals surface area contributed by atoms with Crippen LogP contribution in [0.1, 0.15) is 16.1 Å². The fraction of sp³-hybridized carbons (Fsp3) is 0.154. The van der Waals surface area contributed by atoms with Crippen LogP contribution in [0.5, 0.6) is 0 Å². The van der Waals surface area contributed by atoms with Gasteiger partial charge in [0.05, 0.1) is 12.7 Å². The standard InChI is InChI=1S/C13H11BrClN3O3/c1-7-5-8(14)10(6-9(7)15)16-13(19)11-3-4-12(17(11)2)18(20)21/h3-6H,1-2H3,(H,16,19). The van der Waals surface area contributed by atoms with E-state index in [1.54, 1.807) is 12.1 Å². The lowest BCUT2D eigenvalue weighted by atomic mass is 10.2. The first-order valence-corrected chi connectivity index (χ1v) is 7.05. The van der Waals surface area contributed by atoms with Gasteiger partial charge in [-0.15, -0.1) is 0 Å². The lowest BCUT2D eigenvalue weighted by Gasteiger charge is -2.09. The summed E-state index contributed by atoms with van der Waals surface area (Å²) in [4.78, 5) is 22.4. The summed E-state index contributed by atoms with van der Waals surface area (Å²) in [5, 5.41) is 14.0. The number of halogens is 2. The molecule has 0 aliphatic rings. The molecule has 0 fully saturated rings. The van der Waals surface area contributed by atoms with Gasteiger partial charge < -0.3 is 15.4 Å². The number of carbonyl (C=O) groups excluding carboxylic acids is 1. The second-order valence-electron chi connectivity index (χ2n) is 4.43. The Morgan fingerprint density at radius 1 is 1.43 bits per heavy atom. The number of aromatic nitrogens is 1. The van der Waals surface area contributed by atoms with Crippen molar-refractivity contribution in [3.8, 4) is 0 Å². The van der Waals surface area contributed by atoms with Crippen molar-refractivity contribution in [1.82, 2.24) is 4.57 Å². The van der Waals surface area contributed by atoms with Gasteiger partial charge >= 0.3 is 5.82 Å². The molecule has 0 saturated heterocycles. The predicted molar refractivity (Wildman–Crippen MR) is 83.9 cm³/mol. The van der Waals surface area contributed by atoms with Crippen LogP contribution in [-0.4, -0.2) is 15.4 Å². The molecule has 0 saturated carbocycles. The minimum Gasteiger partial charge on any atom is -0.358 e. The number of hydrogen-bond donors (Lipinski definition) is 1.